The molecule has 0 unspecified atom stereocenters. The zero-order chi connectivity index (χ0) is 9.42. The smallest absolute Gasteiger partial charge is 0.206 e. The molecule has 0 amide bonds. The van der Waals surface area contributed by atoms with Crippen LogP contribution < -0.4 is 5.73 Å². The fourth-order valence-corrected chi connectivity index (χ4v) is 1.30. The molecular formula is C8H11N5. The maximum absolute atomic E-state index is 5.71. The molecule has 0 aliphatic heterocycles. The molecule has 0 spiro atoms. The summed E-state index contributed by atoms with van der Waals surface area (Å²) >= 11 is 0. The lowest BCUT2D eigenvalue weighted by atomic mass is 10.5. The number of nitrogen functional groups attached to an aromatic ring is 1. The summed E-state index contributed by atoms with van der Waals surface area (Å²) in [5.74, 6) is 1.40. The van der Waals surface area contributed by atoms with E-state index in [-0.39, 0.29) is 0 Å². The van der Waals surface area contributed by atoms with Crippen molar-refractivity contribution in [2.75, 3.05) is 5.73 Å². The first kappa shape index (κ1) is 7.85. The quantitative estimate of drug-likeness (QED) is 0.689. The van der Waals surface area contributed by atoms with Crippen molar-refractivity contribution in [2.45, 2.75) is 6.92 Å². The Morgan fingerprint density at radius 2 is 2.23 bits per heavy atom. The summed E-state index contributed by atoms with van der Waals surface area (Å²) in [7, 11) is 1.87. The van der Waals surface area contributed by atoms with Crippen molar-refractivity contribution >= 4 is 5.95 Å². The summed E-state index contributed by atoms with van der Waals surface area (Å²) in [5, 5.41) is 4.06. The van der Waals surface area contributed by atoms with Gasteiger partial charge in [0.15, 0.2) is 0 Å². The molecular weight excluding hydrogens is 166 g/mol. The van der Waals surface area contributed by atoms with E-state index in [4.69, 9.17) is 5.73 Å². The molecule has 2 aromatic heterocycles. The zero-order valence-corrected chi connectivity index (χ0v) is 7.60. The van der Waals surface area contributed by atoms with Gasteiger partial charge in [0.2, 0.25) is 5.95 Å². The first-order valence-electron chi connectivity index (χ1n) is 3.98. The summed E-state index contributed by atoms with van der Waals surface area (Å²) < 4.78 is 3.56. The van der Waals surface area contributed by atoms with Crippen LogP contribution in [0.15, 0.2) is 18.5 Å². The van der Waals surface area contributed by atoms with Gasteiger partial charge >= 0.3 is 0 Å². The molecule has 0 aliphatic rings. The van der Waals surface area contributed by atoms with Crippen LogP contribution in [0.4, 0.5) is 5.95 Å². The highest BCUT2D eigenvalue weighted by Crippen LogP contribution is 2.12. The number of imidazole rings is 1. The first-order chi connectivity index (χ1) is 6.18. The summed E-state index contributed by atoms with van der Waals surface area (Å²) in [6.45, 7) is 1.91. The van der Waals surface area contributed by atoms with Crippen molar-refractivity contribution < 1.29 is 0 Å². The van der Waals surface area contributed by atoms with Crippen LogP contribution in [0.3, 0.4) is 0 Å². The minimum absolute atomic E-state index is 0.487. The van der Waals surface area contributed by atoms with Gasteiger partial charge < -0.3 is 5.73 Å². The van der Waals surface area contributed by atoms with Crippen LogP contribution in [0.5, 0.6) is 0 Å². The predicted octanol–water partition coefficient (Wildman–Crippen LogP) is 0.496. The van der Waals surface area contributed by atoms with Crippen molar-refractivity contribution in [3.63, 3.8) is 0 Å². The molecule has 2 N–H and O–H groups in total. The van der Waals surface area contributed by atoms with Crippen molar-refractivity contribution in [1.82, 2.24) is 19.3 Å². The molecule has 0 saturated heterocycles. The summed E-state index contributed by atoms with van der Waals surface area (Å²) in [5.41, 5.74) is 6.61. The zero-order valence-electron chi connectivity index (χ0n) is 7.60. The van der Waals surface area contributed by atoms with E-state index in [1.54, 1.807) is 10.9 Å². The van der Waals surface area contributed by atoms with E-state index in [0.717, 1.165) is 11.5 Å². The van der Waals surface area contributed by atoms with E-state index >= 15 is 0 Å². The standard InChI is InChI=1S/C8H11N5/c1-6-5-13(8(9)11-6)7-3-4-10-12(7)2/h3-5H,1-2H3,(H2,9,11). The number of anilines is 1. The molecule has 2 rings (SSSR count). The van der Waals surface area contributed by atoms with Gasteiger partial charge in [0, 0.05) is 19.3 Å². The number of nitrogens with zero attached hydrogens (tertiary/aromatic N) is 4. The van der Waals surface area contributed by atoms with Gasteiger partial charge in [0.05, 0.1) is 11.9 Å². The Kier molecular flexibility index (Phi) is 1.58. The van der Waals surface area contributed by atoms with E-state index in [9.17, 15) is 0 Å². The Morgan fingerprint density at radius 1 is 1.46 bits per heavy atom. The maximum Gasteiger partial charge on any atom is 0.206 e. The molecule has 0 aliphatic carbocycles. The van der Waals surface area contributed by atoms with Crippen LogP contribution in [0.2, 0.25) is 0 Å². The lowest BCUT2D eigenvalue weighted by Crippen LogP contribution is -2.05. The van der Waals surface area contributed by atoms with E-state index < -0.39 is 0 Å². The van der Waals surface area contributed by atoms with Crippen LogP contribution in [-0.4, -0.2) is 19.3 Å². The molecule has 0 aromatic carbocycles. The van der Waals surface area contributed by atoms with Crippen LogP contribution >= 0.6 is 0 Å². The van der Waals surface area contributed by atoms with Gasteiger partial charge in [-0.25, -0.2) is 4.98 Å². The maximum atomic E-state index is 5.71. The van der Waals surface area contributed by atoms with Crippen LogP contribution in [0.1, 0.15) is 5.69 Å². The van der Waals surface area contributed by atoms with Gasteiger partial charge in [-0.1, -0.05) is 0 Å². The molecule has 0 bridgehead atoms. The van der Waals surface area contributed by atoms with Crippen LogP contribution in [0, 0.1) is 6.92 Å². The largest absolute Gasteiger partial charge is 0.369 e. The molecule has 2 aromatic rings. The van der Waals surface area contributed by atoms with Gasteiger partial charge in [-0.2, -0.15) is 5.10 Å². The van der Waals surface area contributed by atoms with Crippen LogP contribution in [0.25, 0.3) is 5.82 Å². The highest BCUT2D eigenvalue weighted by atomic mass is 15.3. The first-order valence-corrected chi connectivity index (χ1v) is 3.98. The van der Waals surface area contributed by atoms with Gasteiger partial charge in [0.1, 0.15) is 5.82 Å². The Bertz CT molecular complexity index is 425. The predicted molar refractivity (Wildman–Crippen MR) is 49.5 cm³/mol. The molecule has 0 radical (unpaired) electrons. The van der Waals surface area contributed by atoms with Crippen molar-refractivity contribution in [3.05, 3.63) is 24.2 Å². The third-order valence-corrected chi connectivity index (χ3v) is 1.90. The molecule has 5 heteroatoms. The Hall–Kier alpha value is -1.78. The van der Waals surface area contributed by atoms with Gasteiger partial charge in [-0.05, 0) is 6.92 Å². The topological polar surface area (TPSA) is 61.7 Å². The minimum atomic E-state index is 0.487. The molecule has 5 nitrogen and oxygen atoms in total. The molecule has 0 fully saturated rings. The third-order valence-electron chi connectivity index (χ3n) is 1.90. The number of nitrogens with two attached hydrogens (primary N) is 1. The average molecular weight is 177 g/mol. The van der Waals surface area contributed by atoms with E-state index in [1.807, 2.05) is 30.8 Å². The number of aromatic nitrogens is 4. The summed E-state index contributed by atoms with van der Waals surface area (Å²) in [6.07, 6.45) is 3.61. The van der Waals surface area contributed by atoms with E-state index in [2.05, 4.69) is 10.1 Å². The van der Waals surface area contributed by atoms with E-state index in [0.29, 0.717) is 5.95 Å². The monoisotopic (exact) mass is 177 g/mol. The van der Waals surface area contributed by atoms with Gasteiger partial charge in [-0.15, -0.1) is 0 Å². The highest BCUT2D eigenvalue weighted by Gasteiger charge is 2.06. The number of rotatable bonds is 1. The lowest BCUT2D eigenvalue weighted by molar-refractivity contribution is 0.732. The normalized spacial score (nSPS) is 10.6. The second kappa shape index (κ2) is 2.62. The molecule has 68 valence electrons. The SMILES string of the molecule is Cc1cn(-c2ccnn2C)c(N)n1. The van der Waals surface area contributed by atoms with E-state index in [1.165, 1.54) is 0 Å². The minimum Gasteiger partial charge on any atom is -0.369 e. The van der Waals surface area contributed by atoms with Crippen molar-refractivity contribution in [3.8, 4) is 5.82 Å². The molecule has 2 heterocycles. The highest BCUT2D eigenvalue weighted by molar-refractivity contribution is 5.34. The molecule has 0 saturated carbocycles. The third kappa shape index (κ3) is 1.18. The van der Waals surface area contributed by atoms with Gasteiger partial charge in [-0.3, -0.25) is 9.25 Å². The summed E-state index contributed by atoms with van der Waals surface area (Å²) in [4.78, 5) is 4.11. The Labute approximate surface area is 75.8 Å². The second-order valence-corrected chi connectivity index (χ2v) is 2.92. The van der Waals surface area contributed by atoms with Crippen molar-refractivity contribution in [2.24, 2.45) is 7.05 Å². The number of aryl methyl sites for hydroxylation is 2. The van der Waals surface area contributed by atoms with Crippen LogP contribution in [-0.2, 0) is 7.05 Å². The summed E-state index contributed by atoms with van der Waals surface area (Å²) in [6, 6.07) is 1.89. The van der Waals surface area contributed by atoms with Crippen molar-refractivity contribution in [1.29, 1.82) is 0 Å². The average Bonchev–Trinajstić information content (AvgIpc) is 2.58. The molecule has 0 atom stereocenters. The number of hydrogen-bond acceptors (Lipinski definition) is 3. The molecule has 13 heavy (non-hydrogen) atoms. The second-order valence-electron chi connectivity index (χ2n) is 2.92. The fraction of sp³-hybridized carbons (Fsp3) is 0.250. The van der Waals surface area contributed by atoms with Gasteiger partial charge in [0.25, 0.3) is 0 Å². The Balaban J connectivity index is 2.58. The lowest BCUT2D eigenvalue weighted by Gasteiger charge is -2.03. The Morgan fingerprint density at radius 3 is 2.69 bits per heavy atom. The fourth-order valence-electron chi connectivity index (χ4n) is 1.30. The number of hydrogen-bond donors (Lipinski definition) is 1.